The first-order valence-corrected chi connectivity index (χ1v) is 10.1. The number of quaternary nitrogens is 1. The van der Waals surface area contributed by atoms with Crippen molar-refractivity contribution in [3.63, 3.8) is 0 Å². The lowest BCUT2D eigenvalue weighted by atomic mass is 10.1. The van der Waals surface area contributed by atoms with Crippen molar-refractivity contribution in [3.05, 3.63) is 96.7 Å². The Bertz CT molecular complexity index is 1240. The molecular formula is C24H22N5O2+. The summed E-state index contributed by atoms with van der Waals surface area (Å²) in [5, 5.41) is 13.1. The molecule has 31 heavy (non-hydrogen) atoms. The average Bonchev–Trinajstić information content (AvgIpc) is 3.56. The van der Waals surface area contributed by atoms with Crippen LogP contribution in [-0.2, 0) is 13.1 Å². The Balaban J connectivity index is 1.39. The first kappa shape index (κ1) is 19.0. The van der Waals surface area contributed by atoms with Crippen molar-refractivity contribution in [1.82, 2.24) is 20.0 Å². The molecule has 0 spiro atoms. The maximum absolute atomic E-state index is 5.77. The molecule has 2 aromatic carbocycles. The SMILES string of the molecule is C[NH+](Cc1nnc(-c2ccco2)o1)Cc1cn(-c2ccccc2)nc1-c1ccccc1. The second kappa shape index (κ2) is 8.41. The molecule has 0 aliphatic carbocycles. The number of nitrogens with one attached hydrogen (secondary N) is 1. The minimum absolute atomic E-state index is 0.398. The molecule has 0 aliphatic rings. The number of furan rings is 1. The Kier molecular flexibility index (Phi) is 5.16. The maximum Gasteiger partial charge on any atom is 0.283 e. The van der Waals surface area contributed by atoms with Gasteiger partial charge in [0.2, 0.25) is 0 Å². The third-order valence-corrected chi connectivity index (χ3v) is 5.00. The number of benzene rings is 2. The van der Waals surface area contributed by atoms with E-state index in [1.165, 1.54) is 4.90 Å². The van der Waals surface area contributed by atoms with Crippen molar-refractivity contribution in [2.24, 2.45) is 0 Å². The van der Waals surface area contributed by atoms with Gasteiger partial charge in [-0.15, -0.1) is 10.2 Å². The Labute approximate surface area is 179 Å². The number of nitrogens with zero attached hydrogens (tertiary/aromatic N) is 4. The van der Waals surface area contributed by atoms with Crippen molar-refractivity contribution in [2.75, 3.05) is 7.05 Å². The molecule has 0 amide bonds. The molecule has 0 bridgehead atoms. The van der Waals surface area contributed by atoms with Crippen LogP contribution in [0.1, 0.15) is 11.5 Å². The molecule has 5 aromatic rings. The van der Waals surface area contributed by atoms with Crippen LogP contribution < -0.4 is 4.90 Å². The van der Waals surface area contributed by atoms with E-state index in [1.807, 2.05) is 41.1 Å². The van der Waals surface area contributed by atoms with Gasteiger partial charge in [0.05, 0.1) is 24.6 Å². The summed E-state index contributed by atoms with van der Waals surface area (Å²) in [4.78, 5) is 1.21. The molecule has 5 rings (SSSR count). The molecule has 3 heterocycles. The van der Waals surface area contributed by atoms with Crippen molar-refractivity contribution in [3.8, 4) is 28.6 Å². The fourth-order valence-electron chi connectivity index (χ4n) is 3.56. The van der Waals surface area contributed by atoms with Crippen LogP contribution in [-0.4, -0.2) is 27.0 Å². The van der Waals surface area contributed by atoms with Crippen LogP contribution in [0.3, 0.4) is 0 Å². The molecule has 7 nitrogen and oxygen atoms in total. The van der Waals surface area contributed by atoms with E-state index in [0.29, 0.717) is 24.1 Å². The number of para-hydroxylation sites is 1. The highest BCUT2D eigenvalue weighted by molar-refractivity contribution is 5.63. The second-order valence-corrected chi connectivity index (χ2v) is 7.44. The molecule has 0 saturated heterocycles. The predicted octanol–water partition coefficient (Wildman–Crippen LogP) is 3.40. The lowest BCUT2D eigenvalue weighted by Crippen LogP contribution is -3.06. The van der Waals surface area contributed by atoms with Crippen LogP contribution in [0, 0.1) is 0 Å². The Hall–Kier alpha value is -3.97. The molecule has 0 radical (unpaired) electrons. The van der Waals surface area contributed by atoms with Gasteiger partial charge in [0.15, 0.2) is 12.3 Å². The summed E-state index contributed by atoms with van der Waals surface area (Å²) in [5.41, 5.74) is 4.25. The van der Waals surface area contributed by atoms with E-state index in [9.17, 15) is 0 Å². The predicted molar refractivity (Wildman–Crippen MR) is 115 cm³/mol. The van der Waals surface area contributed by atoms with Crippen LogP contribution in [0.5, 0.6) is 0 Å². The van der Waals surface area contributed by atoms with Crippen molar-refractivity contribution >= 4 is 0 Å². The van der Waals surface area contributed by atoms with Gasteiger partial charge in [0, 0.05) is 11.8 Å². The fourth-order valence-corrected chi connectivity index (χ4v) is 3.56. The van der Waals surface area contributed by atoms with Crippen LogP contribution in [0.15, 0.2) is 94.1 Å². The zero-order chi connectivity index (χ0) is 21.0. The number of aromatic nitrogens is 4. The lowest BCUT2D eigenvalue weighted by Gasteiger charge is -2.11. The quantitative estimate of drug-likeness (QED) is 0.444. The largest absolute Gasteiger partial charge is 0.459 e. The summed E-state index contributed by atoms with van der Waals surface area (Å²) in [6.45, 7) is 1.36. The first-order chi connectivity index (χ1) is 15.3. The maximum atomic E-state index is 5.77. The van der Waals surface area contributed by atoms with Crippen LogP contribution in [0.4, 0.5) is 0 Å². The minimum Gasteiger partial charge on any atom is -0.459 e. The Morgan fingerprint density at radius 1 is 0.871 bits per heavy atom. The Morgan fingerprint density at radius 2 is 1.65 bits per heavy atom. The third kappa shape index (κ3) is 4.17. The molecule has 1 atom stereocenters. The summed E-state index contributed by atoms with van der Waals surface area (Å²) >= 11 is 0. The second-order valence-electron chi connectivity index (χ2n) is 7.44. The van der Waals surface area contributed by atoms with Gasteiger partial charge in [-0.1, -0.05) is 48.5 Å². The van der Waals surface area contributed by atoms with Gasteiger partial charge in [-0.3, -0.25) is 0 Å². The van der Waals surface area contributed by atoms with Gasteiger partial charge in [-0.25, -0.2) is 4.68 Å². The van der Waals surface area contributed by atoms with E-state index in [-0.39, 0.29) is 0 Å². The van der Waals surface area contributed by atoms with Gasteiger partial charge in [-0.05, 0) is 24.3 Å². The highest BCUT2D eigenvalue weighted by Gasteiger charge is 2.19. The Morgan fingerprint density at radius 3 is 2.39 bits per heavy atom. The normalized spacial score (nSPS) is 12.2. The summed E-state index contributed by atoms with van der Waals surface area (Å²) in [7, 11) is 2.10. The van der Waals surface area contributed by atoms with Gasteiger partial charge in [0.25, 0.3) is 11.8 Å². The number of hydrogen-bond donors (Lipinski definition) is 1. The first-order valence-electron chi connectivity index (χ1n) is 10.1. The number of rotatable bonds is 7. The summed E-state index contributed by atoms with van der Waals surface area (Å²) in [6, 6.07) is 24.0. The molecule has 0 aliphatic heterocycles. The van der Waals surface area contributed by atoms with E-state index in [4.69, 9.17) is 13.9 Å². The van der Waals surface area contributed by atoms with E-state index < -0.39 is 0 Å². The molecule has 154 valence electrons. The van der Waals surface area contributed by atoms with E-state index >= 15 is 0 Å². The molecule has 3 aromatic heterocycles. The summed E-state index contributed by atoms with van der Waals surface area (Å²) in [5.74, 6) is 1.54. The smallest absolute Gasteiger partial charge is 0.283 e. The van der Waals surface area contributed by atoms with Gasteiger partial charge in [0.1, 0.15) is 12.2 Å². The highest BCUT2D eigenvalue weighted by Crippen LogP contribution is 2.23. The van der Waals surface area contributed by atoms with Gasteiger partial charge < -0.3 is 13.7 Å². The standard InChI is InChI=1S/C24H21N5O2/c1-28(17-22-25-26-24(31-22)21-13-8-14-30-21)15-19-16-29(20-11-6-3-7-12-20)27-23(19)18-9-4-2-5-10-18/h2-14,16H,15,17H2,1H3/p+1. The summed E-state index contributed by atoms with van der Waals surface area (Å²) < 4.78 is 13.0. The van der Waals surface area contributed by atoms with E-state index in [2.05, 4.69) is 47.7 Å². The highest BCUT2D eigenvalue weighted by atomic mass is 16.4. The molecule has 0 saturated carbocycles. The third-order valence-electron chi connectivity index (χ3n) is 5.00. The molecular weight excluding hydrogens is 390 g/mol. The fraction of sp³-hybridized carbons (Fsp3) is 0.125. The number of hydrogen-bond acceptors (Lipinski definition) is 5. The molecule has 0 fully saturated rings. The zero-order valence-electron chi connectivity index (χ0n) is 17.1. The molecule has 1 N–H and O–H groups in total. The van der Waals surface area contributed by atoms with Gasteiger partial charge in [-0.2, -0.15) is 5.10 Å². The van der Waals surface area contributed by atoms with Crippen molar-refractivity contribution < 1.29 is 13.7 Å². The molecule has 1 unspecified atom stereocenters. The zero-order valence-corrected chi connectivity index (χ0v) is 17.1. The average molecular weight is 412 g/mol. The van der Waals surface area contributed by atoms with Crippen LogP contribution in [0.2, 0.25) is 0 Å². The van der Waals surface area contributed by atoms with Crippen LogP contribution >= 0.6 is 0 Å². The van der Waals surface area contributed by atoms with Gasteiger partial charge >= 0.3 is 0 Å². The topological polar surface area (TPSA) is 74.3 Å². The van der Waals surface area contributed by atoms with Crippen LogP contribution in [0.25, 0.3) is 28.6 Å². The van der Waals surface area contributed by atoms with E-state index in [1.54, 1.807) is 18.4 Å². The summed E-state index contributed by atoms with van der Waals surface area (Å²) in [6.07, 6.45) is 3.69. The monoisotopic (exact) mass is 412 g/mol. The lowest BCUT2D eigenvalue weighted by molar-refractivity contribution is -0.909. The van der Waals surface area contributed by atoms with Crippen molar-refractivity contribution in [2.45, 2.75) is 13.1 Å². The van der Waals surface area contributed by atoms with E-state index in [0.717, 1.165) is 29.1 Å². The minimum atomic E-state index is 0.398. The molecule has 7 heteroatoms. The van der Waals surface area contributed by atoms with Crippen molar-refractivity contribution in [1.29, 1.82) is 0 Å².